The Labute approximate surface area is 180 Å². The molecule has 2 atom stereocenters. The highest BCUT2D eigenvalue weighted by Gasteiger charge is 2.26. The molecule has 153 valence electrons. The minimum Gasteiger partial charge on any atom is -0.493 e. The molecular weight excluding hydrogens is 373 g/mol. The summed E-state index contributed by atoms with van der Waals surface area (Å²) in [5.41, 5.74) is 2.88. The monoisotopic (exact) mass is 400 g/mol. The molecule has 1 saturated carbocycles. The number of rotatable bonds is 7. The van der Waals surface area contributed by atoms with Crippen LogP contribution in [0.15, 0.2) is 73.1 Å². The maximum atomic E-state index is 11.3. The summed E-state index contributed by atoms with van der Waals surface area (Å²) in [6.07, 6.45) is 7.53. The zero-order valence-electron chi connectivity index (χ0n) is 17.3. The lowest BCUT2D eigenvalue weighted by Crippen LogP contribution is -2.15. The van der Waals surface area contributed by atoms with E-state index in [9.17, 15) is 5.11 Å². The Bertz CT molecular complexity index is 914. The van der Waals surface area contributed by atoms with Crippen molar-refractivity contribution >= 4 is 8.41 Å². The van der Waals surface area contributed by atoms with Gasteiger partial charge in [0.25, 0.3) is 0 Å². The Morgan fingerprint density at radius 1 is 0.867 bits per heavy atom. The van der Waals surface area contributed by atoms with E-state index in [2.05, 4.69) is 17.1 Å². The molecule has 1 N–H and O–H groups in total. The summed E-state index contributed by atoms with van der Waals surface area (Å²) in [6.45, 7) is 0. The summed E-state index contributed by atoms with van der Waals surface area (Å²) in [4.78, 5) is 4.08. The van der Waals surface area contributed by atoms with Crippen molar-refractivity contribution in [2.45, 2.75) is 43.8 Å². The number of methoxy groups -OCH3 is 1. The molecule has 3 radical (unpaired) electrons. The quantitative estimate of drug-likeness (QED) is 0.574. The van der Waals surface area contributed by atoms with Crippen LogP contribution < -0.4 is 9.47 Å². The Balaban J connectivity index is 0.00000256. The van der Waals surface area contributed by atoms with Gasteiger partial charge in [0.05, 0.1) is 19.3 Å². The molecule has 0 spiro atoms. The van der Waals surface area contributed by atoms with Crippen LogP contribution in [0.3, 0.4) is 0 Å². The standard InChI is InChI=1S/C25H27NO3.B/c1-28-22-12-11-20(17-23(22)29-21-9-5-6-10-21)24(18-7-3-2-4-8-18)25(27)19-13-15-26-16-14-19;/h2-4,7-8,11-17,21,24-25,27H,5-6,9-10H2,1H3;/t24-,25+;/m0./s1. The highest BCUT2D eigenvalue weighted by Crippen LogP contribution is 2.41. The van der Waals surface area contributed by atoms with Gasteiger partial charge in [0.15, 0.2) is 11.5 Å². The smallest absolute Gasteiger partial charge is 0.161 e. The maximum absolute atomic E-state index is 11.3. The van der Waals surface area contributed by atoms with Crippen molar-refractivity contribution in [2.24, 2.45) is 0 Å². The summed E-state index contributed by atoms with van der Waals surface area (Å²) in [7, 11) is 1.66. The number of aromatic nitrogens is 1. The second kappa shape index (κ2) is 10.3. The predicted molar refractivity (Wildman–Crippen MR) is 119 cm³/mol. The molecule has 30 heavy (non-hydrogen) atoms. The van der Waals surface area contributed by atoms with E-state index in [1.807, 2.05) is 48.5 Å². The molecule has 1 aliphatic rings. The summed E-state index contributed by atoms with van der Waals surface area (Å²) in [5, 5.41) is 11.3. The molecule has 2 aromatic carbocycles. The van der Waals surface area contributed by atoms with Crippen LogP contribution in [0.5, 0.6) is 11.5 Å². The number of hydrogen-bond acceptors (Lipinski definition) is 4. The molecule has 1 aromatic heterocycles. The van der Waals surface area contributed by atoms with Gasteiger partial charge < -0.3 is 14.6 Å². The first-order chi connectivity index (χ1) is 14.3. The van der Waals surface area contributed by atoms with E-state index in [0.29, 0.717) is 0 Å². The van der Waals surface area contributed by atoms with E-state index in [1.54, 1.807) is 19.5 Å². The van der Waals surface area contributed by atoms with E-state index < -0.39 is 6.10 Å². The van der Waals surface area contributed by atoms with E-state index in [1.165, 1.54) is 12.8 Å². The molecule has 4 nitrogen and oxygen atoms in total. The van der Waals surface area contributed by atoms with Crippen molar-refractivity contribution in [2.75, 3.05) is 7.11 Å². The number of benzene rings is 2. The lowest BCUT2D eigenvalue weighted by atomic mass is 9.83. The summed E-state index contributed by atoms with van der Waals surface area (Å²) in [6, 6.07) is 19.8. The lowest BCUT2D eigenvalue weighted by Gasteiger charge is -2.26. The van der Waals surface area contributed by atoms with Crippen molar-refractivity contribution in [3.05, 3.63) is 89.7 Å². The topological polar surface area (TPSA) is 51.6 Å². The van der Waals surface area contributed by atoms with Crippen LogP contribution in [-0.4, -0.2) is 31.7 Å². The predicted octanol–water partition coefficient (Wildman–Crippen LogP) is 4.90. The van der Waals surface area contributed by atoms with Gasteiger partial charge in [-0.25, -0.2) is 0 Å². The molecule has 3 aromatic rings. The number of aliphatic hydroxyl groups is 1. The van der Waals surface area contributed by atoms with Crippen LogP contribution in [0.2, 0.25) is 0 Å². The van der Waals surface area contributed by atoms with Gasteiger partial charge in [-0.05, 0) is 66.6 Å². The van der Waals surface area contributed by atoms with E-state index in [-0.39, 0.29) is 20.4 Å². The van der Waals surface area contributed by atoms with E-state index in [4.69, 9.17) is 9.47 Å². The SMILES string of the molecule is COc1ccc([C@H](c2ccccc2)[C@H](O)c2ccncc2)cc1OC1CCCC1.[B]. The minimum absolute atomic E-state index is 0. The summed E-state index contributed by atoms with van der Waals surface area (Å²) < 4.78 is 11.8. The first kappa shape index (κ1) is 21.9. The molecule has 0 saturated heterocycles. The highest BCUT2D eigenvalue weighted by atomic mass is 16.5. The van der Waals surface area contributed by atoms with Crippen LogP contribution in [0.4, 0.5) is 0 Å². The molecule has 0 aliphatic heterocycles. The molecule has 4 rings (SSSR count). The highest BCUT2D eigenvalue weighted by molar-refractivity contribution is 5.75. The number of ether oxygens (including phenoxy) is 2. The third-order valence-electron chi connectivity index (χ3n) is 5.66. The average Bonchev–Trinajstić information content (AvgIpc) is 3.28. The Hall–Kier alpha value is -2.79. The molecule has 1 fully saturated rings. The third-order valence-corrected chi connectivity index (χ3v) is 5.66. The normalized spacial score (nSPS) is 15.8. The average molecular weight is 400 g/mol. The Morgan fingerprint density at radius 3 is 2.23 bits per heavy atom. The van der Waals surface area contributed by atoms with Gasteiger partial charge in [0.1, 0.15) is 0 Å². The number of aliphatic hydroxyl groups excluding tert-OH is 1. The lowest BCUT2D eigenvalue weighted by molar-refractivity contribution is 0.158. The van der Waals surface area contributed by atoms with Crippen LogP contribution in [0, 0.1) is 0 Å². The Morgan fingerprint density at radius 2 is 1.57 bits per heavy atom. The Kier molecular flexibility index (Phi) is 7.53. The fourth-order valence-electron chi connectivity index (χ4n) is 4.14. The maximum Gasteiger partial charge on any atom is 0.161 e. The van der Waals surface area contributed by atoms with Crippen molar-refractivity contribution in [3.8, 4) is 11.5 Å². The van der Waals surface area contributed by atoms with E-state index >= 15 is 0 Å². The molecule has 1 heterocycles. The molecule has 0 amide bonds. The van der Waals surface area contributed by atoms with Gasteiger partial charge in [-0.2, -0.15) is 0 Å². The number of pyridine rings is 1. The van der Waals surface area contributed by atoms with Crippen LogP contribution in [0.1, 0.15) is 54.4 Å². The second-order valence-electron chi connectivity index (χ2n) is 7.55. The van der Waals surface area contributed by atoms with Crippen molar-refractivity contribution in [1.29, 1.82) is 0 Å². The van der Waals surface area contributed by atoms with Crippen molar-refractivity contribution < 1.29 is 14.6 Å². The molecule has 1 aliphatic carbocycles. The molecule has 5 heteroatoms. The third kappa shape index (κ3) is 4.85. The first-order valence-corrected chi connectivity index (χ1v) is 10.2. The van der Waals surface area contributed by atoms with E-state index in [0.717, 1.165) is 41.0 Å². The summed E-state index contributed by atoms with van der Waals surface area (Å²) >= 11 is 0. The minimum atomic E-state index is -0.701. The van der Waals surface area contributed by atoms with Gasteiger partial charge in [-0.15, -0.1) is 0 Å². The van der Waals surface area contributed by atoms with Crippen LogP contribution >= 0.6 is 0 Å². The largest absolute Gasteiger partial charge is 0.493 e. The molecular formula is C25H27BNO3. The summed E-state index contributed by atoms with van der Waals surface area (Å²) in [5.74, 6) is 1.25. The van der Waals surface area contributed by atoms with Crippen LogP contribution in [0.25, 0.3) is 0 Å². The number of hydrogen-bond donors (Lipinski definition) is 1. The number of nitrogens with zero attached hydrogens (tertiary/aromatic N) is 1. The fourth-order valence-corrected chi connectivity index (χ4v) is 4.14. The van der Waals surface area contributed by atoms with Gasteiger partial charge in [-0.1, -0.05) is 36.4 Å². The zero-order valence-corrected chi connectivity index (χ0v) is 17.3. The first-order valence-electron chi connectivity index (χ1n) is 10.2. The molecule has 0 bridgehead atoms. The second-order valence-corrected chi connectivity index (χ2v) is 7.55. The zero-order chi connectivity index (χ0) is 20.1. The fraction of sp³-hybridized carbons (Fsp3) is 0.320. The van der Waals surface area contributed by atoms with Gasteiger partial charge in [0, 0.05) is 26.7 Å². The van der Waals surface area contributed by atoms with Gasteiger partial charge >= 0.3 is 0 Å². The van der Waals surface area contributed by atoms with Crippen molar-refractivity contribution in [3.63, 3.8) is 0 Å². The van der Waals surface area contributed by atoms with Crippen LogP contribution in [-0.2, 0) is 0 Å². The van der Waals surface area contributed by atoms with Crippen molar-refractivity contribution in [1.82, 2.24) is 4.98 Å². The molecule has 0 unspecified atom stereocenters. The van der Waals surface area contributed by atoms with Gasteiger partial charge in [0.2, 0.25) is 0 Å². The van der Waals surface area contributed by atoms with Gasteiger partial charge in [-0.3, -0.25) is 4.98 Å².